The molecule has 0 aliphatic heterocycles. The maximum atomic E-state index is 12.7. The van der Waals surface area contributed by atoms with E-state index in [-0.39, 0.29) is 34.1 Å². The number of esters is 2. The van der Waals surface area contributed by atoms with E-state index in [2.05, 4.69) is 4.98 Å². The number of hydrogen-bond donors (Lipinski definition) is 0. The number of fused-ring (bicyclic) bond motifs is 1. The van der Waals surface area contributed by atoms with E-state index >= 15 is 0 Å². The molecule has 3 aromatic carbocycles. The summed E-state index contributed by atoms with van der Waals surface area (Å²) in [6.45, 7) is 2.42. The highest BCUT2D eigenvalue weighted by molar-refractivity contribution is 6.10. The Balaban J connectivity index is 1.75. The van der Waals surface area contributed by atoms with Gasteiger partial charge in [-0.1, -0.05) is 30.3 Å². The van der Waals surface area contributed by atoms with Crippen LogP contribution in [0.5, 0.6) is 11.5 Å². The van der Waals surface area contributed by atoms with Crippen LogP contribution in [0, 0.1) is 0 Å². The average Bonchev–Trinajstić information content (AvgIpc) is 2.79. The third-order valence-electron chi connectivity index (χ3n) is 4.62. The zero-order valence-electron chi connectivity index (χ0n) is 17.7. The van der Waals surface area contributed by atoms with E-state index in [4.69, 9.17) is 13.9 Å². The van der Waals surface area contributed by atoms with Crippen LogP contribution in [-0.2, 0) is 9.59 Å². The Hall–Kier alpha value is -4.59. The predicted molar refractivity (Wildman–Crippen MR) is 118 cm³/mol. The van der Waals surface area contributed by atoms with E-state index < -0.39 is 17.5 Å². The lowest BCUT2D eigenvalue weighted by Crippen LogP contribution is -2.10. The Bertz CT molecular complexity index is 1460. The van der Waals surface area contributed by atoms with Gasteiger partial charge in [0.2, 0.25) is 5.89 Å². The van der Waals surface area contributed by atoms with Crippen LogP contribution in [0.3, 0.4) is 0 Å². The largest absolute Gasteiger partial charge is 0.437 e. The molecule has 0 N–H and O–H groups in total. The molecule has 1 aromatic heterocycles. The molecule has 8 heteroatoms. The molecule has 0 amide bonds. The molecule has 0 bridgehead atoms. The number of carbonyl (C=O) groups excluding carboxylic acids is 3. The fourth-order valence-electron chi connectivity index (χ4n) is 3.20. The number of nitrogens with zero attached hydrogens (tertiary/aromatic N) is 1. The summed E-state index contributed by atoms with van der Waals surface area (Å²) < 4.78 is 15.9. The van der Waals surface area contributed by atoms with Crippen molar-refractivity contribution in [3.63, 3.8) is 0 Å². The molecule has 0 radical (unpaired) electrons. The maximum absolute atomic E-state index is 12.7. The van der Waals surface area contributed by atoms with Crippen LogP contribution < -0.4 is 15.0 Å². The molecule has 0 atom stereocenters. The van der Waals surface area contributed by atoms with Crippen molar-refractivity contribution in [2.24, 2.45) is 0 Å². The smallest absolute Gasteiger partial charge is 0.308 e. The summed E-state index contributed by atoms with van der Waals surface area (Å²) in [5.74, 6) is -1.46. The van der Waals surface area contributed by atoms with Crippen LogP contribution >= 0.6 is 0 Å². The third-order valence-corrected chi connectivity index (χ3v) is 4.62. The lowest BCUT2D eigenvalue weighted by molar-refractivity contribution is -0.134. The molecule has 4 rings (SSSR count). The average molecular weight is 443 g/mol. The minimum atomic E-state index is -0.621. The zero-order valence-corrected chi connectivity index (χ0v) is 17.7. The predicted octanol–water partition coefficient (Wildman–Crippen LogP) is 3.94. The van der Waals surface area contributed by atoms with Crippen molar-refractivity contribution >= 4 is 28.7 Å². The number of ether oxygens (including phenoxy) is 2. The van der Waals surface area contributed by atoms with Gasteiger partial charge in [0, 0.05) is 30.5 Å². The minimum absolute atomic E-state index is 0.0245. The Kier molecular flexibility index (Phi) is 5.82. The number of benzene rings is 3. The summed E-state index contributed by atoms with van der Waals surface area (Å²) in [4.78, 5) is 52.1. The molecule has 0 fully saturated rings. The van der Waals surface area contributed by atoms with Gasteiger partial charge >= 0.3 is 11.9 Å². The number of carbonyl (C=O) groups is 3. The van der Waals surface area contributed by atoms with Gasteiger partial charge < -0.3 is 13.9 Å². The molecule has 1 heterocycles. The van der Waals surface area contributed by atoms with Crippen LogP contribution in [0.25, 0.3) is 22.4 Å². The molecule has 0 aliphatic carbocycles. The lowest BCUT2D eigenvalue weighted by atomic mass is 10.0. The van der Waals surface area contributed by atoms with Gasteiger partial charge in [0.25, 0.3) is 5.56 Å². The Morgan fingerprint density at radius 2 is 1.48 bits per heavy atom. The first-order valence-electron chi connectivity index (χ1n) is 9.88. The second kappa shape index (κ2) is 8.88. The van der Waals surface area contributed by atoms with E-state index in [9.17, 15) is 19.2 Å². The quantitative estimate of drug-likeness (QED) is 0.259. The topological polar surface area (TPSA) is 113 Å². The van der Waals surface area contributed by atoms with Crippen molar-refractivity contribution in [2.75, 3.05) is 0 Å². The van der Waals surface area contributed by atoms with E-state index in [1.165, 1.54) is 44.2 Å². The van der Waals surface area contributed by atoms with Gasteiger partial charge in [0.05, 0.1) is 5.39 Å². The standard InChI is InChI=1S/C25H17NO7/c1-14(27)31-21-11-9-18(13-22(21)32-15(2)28)25-26-24(30)19-12-17(8-10-20(19)33-25)23(29)16-6-4-3-5-7-16/h3-13H,1-2H3. The van der Waals surface area contributed by atoms with Crippen molar-refractivity contribution in [1.82, 2.24) is 4.98 Å². The van der Waals surface area contributed by atoms with E-state index in [1.54, 1.807) is 30.3 Å². The Morgan fingerprint density at radius 1 is 0.788 bits per heavy atom. The number of ketones is 1. The van der Waals surface area contributed by atoms with Gasteiger partial charge in [-0.15, -0.1) is 0 Å². The molecule has 0 spiro atoms. The summed E-state index contributed by atoms with van der Waals surface area (Å²) >= 11 is 0. The number of rotatable bonds is 5. The molecule has 33 heavy (non-hydrogen) atoms. The molecule has 0 unspecified atom stereocenters. The zero-order chi connectivity index (χ0) is 23.5. The Morgan fingerprint density at radius 3 is 2.18 bits per heavy atom. The number of aromatic nitrogens is 1. The lowest BCUT2D eigenvalue weighted by Gasteiger charge is -2.10. The highest BCUT2D eigenvalue weighted by Gasteiger charge is 2.17. The van der Waals surface area contributed by atoms with Gasteiger partial charge in [-0.2, -0.15) is 4.98 Å². The summed E-state index contributed by atoms with van der Waals surface area (Å²) in [6, 6.07) is 17.5. The number of hydrogen-bond acceptors (Lipinski definition) is 8. The van der Waals surface area contributed by atoms with Crippen LogP contribution in [0.4, 0.5) is 0 Å². The van der Waals surface area contributed by atoms with E-state index in [0.29, 0.717) is 16.7 Å². The summed E-state index contributed by atoms with van der Waals surface area (Å²) in [5.41, 5.74) is 0.792. The van der Waals surface area contributed by atoms with Crippen molar-refractivity contribution in [2.45, 2.75) is 13.8 Å². The fourth-order valence-corrected chi connectivity index (χ4v) is 3.20. The van der Waals surface area contributed by atoms with Crippen LogP contribution in [-0.4, -0.2) is 22.7 Å². The molecular formula is C25H17NO7. The SMILES string of the molecule is CC(=O)Oc1ccc(-c2nc(=O)c3cc(C(=O)c4ccccc4)ccc3o2)cc1OC(C)=O. The van der Waals surface area contributed by atoms with E-state index in [1.807, 2.05) is 6.07 Å². The maximum Gasteiger partial charge on any atom is 0.308 e. The molecule has 4 aromatic rings. The first-order chi connectivity index (χ1) is 15.8. The second-order valence-electron chi connectivity index (χ2n) is 7.08. The molecule has 0 saturated carbocycles. The van der Waals surface area contributed by atoms with Crippen molar-refractivity contribution in [1.29, 1.82) is 0 Å². The van der Waals surface area contributed by atoms with Crippen molar-refractivity contribution in [3.8, 4) is 23.0 Å². The van der Waals surface area contributed by atoms with Crippen LogP contribution in [0.15, 0.2) is 75.9 Å². The van der Waals surface area contributed by atoms with Gasteiger partial charge in [0.15, 0.2) is 17.3 Å². The first kappa shape index (κ1) is 21.6. The van der Waals surface area contributed by atoms with Crippen molar-refractivity contribution in [3.05, 3.63) is 88.2 Å². The highest BCUT2D eigenvalue weighted by atomic mass is 16.6. The second-order valence-corrected chi connectivity index (χ2v) is 7.08. The summed E-state index contributed by atoms with van der Waals surface area (Å²) in [6.07, 6.45) is 0. The van der Waals surface area contributed by atoms with Gasteiger partial charge in [-0.05, 0) is 36.4 Å². The molecule has 8 nitrogen and oxygen atoms in total. The van der Waals surface area contributed by atoms with Gasteiger partial charge in [0.1, 0.15) is 5.58 Å². The summed E-state index contributed by atoms with van der Waals surface area (Å²) in [5, 5.41) is 0.150. The van der Waals surface area contributed by atoms with Gasteiger partial charge in [-0.3, -0.25) is 19.2 Å². The van der Waals surface area contributed by atoms with Crippen LogP contribution in [0.2, 0.25) is 0 Å². The van der Waals surface area contributed by atoms with Crippen LogP contribution in [0.1, 0.15) is 29.8 Å². The first-order valence-corrected chi connectivity index (χ1v) is 9.88. The molecule has 0 saturated heterocycles. The molecule has 164 valence electrons. The molecular weight excluding hydrogens is 426 g/mol. The summed E-state index contributed by atoms with van der Waals surface area (Å²) in [7, 11) is 0. The van der Waals surface area contributed by atoms with Crippen molar-refractivity contribution < 1.29 is 28.3 Å². The highest BCUT2D eigenvalue weighted by Crippen LogP contribution is 2.33. The normalized spacial score (nSPS) is 10.6. The third kappa shape index (κ3) is 4.69. The monoisotopic (exact) mass is 443 g/mol. The fraction of sp³-hybridized carbons (Fsp3) is 0.0800. The molecule has 0 aliphatic rings. The van der Waals surface area contributed by atoms with Gasteiger partial charge in [-0.25, -0.2) is 0 Å². The Labute approximate surface area is 187 Å². The van der Waals surface area contributed by atoms with E-state index in [0.717, 1.165) is 0 Å². The minimum Gasteiger partial charge on any atom is -0.437 e.